The van der Waals surface area contributed by atoms with Crippen LogP contribution in [0.3, 0.4) is 0 Å². The summed E-state index contributed by atoms with van der Waals surface area (Å²) in [6.07, 6.45) is 0. The summed E-state index contributed by atoms with van der Waals surface area (Å²) in [6.45, 7) is 2.17. The number of nitrogens with two attached hydrogens (primary N) is 1. The van der Waals surface area contributed by atoms with Gasteiger partial charge in [0.25, 0.3) is 0 Å². The van der Waals surface area contributed by atoms with Gasteiger partial charge in [0, 0.05) is 18.2 Å². The van der Waals surface area contributed by atoms with Crippen LogP contribution in [-0.4, -0.2) is 14.8 Å². The van der Waals surface area contributed by atoms with Crippen LogP contribution in [0.5, 0.6) is 5.75 Å². The molecule has 0 fully saturated rings. The molecule has 4 nitrogen and oxygen atoms in total. The number of thiocarbonyl (C=S) groups is 1. The van der Waals surface area contributed by atoms with Crippen LogP contribution in [0.15, 0.2) is 18.2 Å². The molecular formula is C13H13Cl2N3OS. The van der Waals surface area contributed by atoms with Crippen LogP contribution in [0, 0.1) is 6.92 Å². The smallest absolute Gasteiger partial charge is 0.138 e. The molecule has 0 unspecified atom stereocenters. The monoisotopic (exact) mass is 329 g/mol. The Hall–Kier alpha value is -1.30. The molecular weight excluding hydrogens is 317 g/mol. The Labute approximate surface area is 132 Å². The summed E-state index contributed by atoms with van der Waals surface area (Å²) < 4.78 is 7.28. The molecule has 2 rings (SSSR count). The van der Waals surface area contributed by atoms with E-state index < -0.39 is 0 Å². The van der Waals surface area contributed by atoms with E-state index in [2.05, 4.69) is 5.10 Å². The quantitative estimate of drug-likeness (QED) is 0.875. The lowest BCUT2D eigenvalue weighted by atomic mass is 10.2. The van der Waals surface area contributed by atoms with E-state index in [1.807, 2.05) is 6.92 Å². The maximum absolute atomic E-state index is 6.14. The van der Waals surface area contributed by atoms with Gasteiger partial charge in [-0.25, -0.2) is 0 Å². The Morgan fingerprint density at radius 2 is 2.15 bits per heavy atom. The number of benzene rings is 1. The van der Waals surface area contributed by atoms with E-state index in [1.165, 1.54) is 0 Å². The Bertz CT molecular complexity index is 670. The number of aromatic nitrogens is 2. The zero-order chi connectivity index (χ0) is 14.9. The third-order valence-electron chi connectivity index (χ3n) is 2.86. The summed E-state index contributed by atoms with van der Waals surface area (Å²) in [6, 6.07) is 5.18. The first-order chi connectivity index (χ1) is 9.40. The van der Waals surface area contributed by atoms with Gasteiger partial charge in [0.05, 0.1) is 10.7 Å². The fourth-order valence-corrected chi connectivity index (χ4v) is 2.35. The van der Waals surface area contributed by atoms with Crippen LogP contribution in [-0.2, 0) is 13.7 Å². The van der Waals surface area contributed by atoms with Crippen LogP contribution in [0.1, 0.15) is 16.8 Å². The van der Waals surface area contributed by atoms with Gasteiger partial charge in [-0.1, -0.05) is 35.4 Å². The van der Waals surface area contributed by atoms with E-state index in [4.69, 9.17) is 45.9 Å². The molecule has 0 aliphatic heterocycles. The number of halogens is 2. The topological polar surface area (TPSA) is 53.1 Å². The summed E-state index contributed by atoms with van der Waals surface area (Å²) in [5, 5.41) is 5.23. The highest BCUT2D eigenvalue weighted by atomic mass is 35.5. The molecule has 1 aromatic carbocycles. The summed E-state index contributed by atoms with van der Waals surface area (Å²) in [5.74, 6) is 0.547. The van der Waals surface area contributed by atoms with Crippen molar-refractivity contribution < 1.29 is 4.74 Å². The minimum absolute atomic E-state index is 0.296. The van der Waals surface area contributed by atoms with Gasteiger partial charge in [-0.05, 0) is 25.1 Å². The van der Waals surface area contributed by atoms with Crippen LogP contribution in [0.4, 0.5) is 0 Å². The van der Waals surface area contributed by atoms with Gasteiger partial charge in [-0.15, -0.1) is 0 Å². The Morgan fingerprint density at radius 3 is 2.65 bits per heavy atom. The lowest BCUT2D eigenvalue weighted by Gasteiger charge is -2.09. The second-order valence-electron chi connectivity index (χ2n) is 4.28. The maximum Gasteiger partial charge on any atom is 0.138 e. The third-order valence-corrected chi connectivity index (χ3v) is 3.86. The highest BCUT2D eigenvalue weighted by Gasteiger charge is 2.13. The normalized spacial score (nSPS) is 10.6. The number of rotatable bonds is 4. The molecule has 0 aliphatic rings. The van der Waals surface area contributed by atoms with Gasteiger partial charge in [-0.3, -0.25) is 4.68 Å². The first-order valence-electron chi connectivity index (χ1n) is 5.80. The van der Waals surface area contributed by atoms with Crippen molar-refractivity contribution in [1.82, 2.24) is 9.78 Å². The Kier molecular flexibility index (Phi) is 4.52. The molecule has 7 heteroatoms. The number of hydrogen-bond donors (Lipinski definition) is 1. The molecule has 0 amide bonds. The average Bonchev–Trinajstić information content (AvgIpc) is 2.62. The molecule has 0 saturated carbocycles. The highest BCUT2D eigenvalue weighted by Crippen LogP contribution is 2.28. The average molecular weight is 330 g/mol. The Morgan fingerprint density at radius 1 is 1.45 bits per heavy atom. The molecule has 0 bridgehead atoms. The summed E-state index contributed by atoms with van der Waals surface area (Å²) >= 11 is 17.2. The van der Waals surface area contributed by atoms with Gasteiger partial charge in [0.1, 0.15) is 22.5 Å². The molecule has 20 heavy (non-hydrogen) atoms. The second-order valence-corrected chi connectivity index (χ2v) is 5.48. The first-order valence-corrected chi connectivity index (χ1v) is 6.96. The fourth-order valence-electron chi connectivity index (χ4n) is 1.76. The van der Waals surface area contributed by atoms with Crippen molar-refractivity contribution >= 4 is 40.4 Å². The predicted octanol–water partition coefficient (Wildman–Crippen LogP) is 3.25. The number of hydrogen-bond acceptors (Lipinski definition) is 3. The minimum atomic E-state index is 0.296. The van der Waals surface area contributed by atoms with Crippen molar-refractivity contribution in [2.45, 2.75) is 13.5 Å². The molecule has 0 aliphatic carbocycles. The van der Waals surface area contributed by atoms with E-state index in [0.29, 0.717) is 33.1 Å². The van der Waals surface area contributed by atoms with E-state index in [9.17, 15) is 0 Å². The van der Waals surface area contributed by atoms with Gasteiger partial charge >= 0.3 is 0 Å². The van der Waals surface area contributed by atoms with E-state index in [0.717, 1.165) is 11.3 Å². The molecule has 2 N–H and O–H groups in total. The number of nitrogens with zero attached hydrogens (tertiary/aromatic N) is 2. The minimum Gasteiger partial charge on any atom is -0.487 e. The van der Waals surface area contributed by atoms with Gasteiger partial charge < -0.3 is 10.5 Å². The first kappa shape index (κ1) is 15.1. The molecule has 0 saturated heterocycles. The van der Waals surface area contributed by atoms with E-state index in [-0.39, 0.29) is 0 Å². The molecule has 2 aromatic rings. The van der Waals surface area contributed by atoms with Crippen LogP contribution < -0.4 is 10.5 Å². The third kappa shape index (κ3) is 3.06. The van der Waals surface area contributed by atoms with Crippen molar-refractivity contribution in [3.63, 3.8) is 0 Å². The molecule has 106 valence electrons. The summed E-state index contributed by atoms with van der Waals surface area (Å²) in [7, 11) is 1.78. The van der Waals surface area contributed by atoms with Crippen molar-refractivity contribution in [2.75, 3.05) is 0 Å². The lowest BCUT2D eigenvalue weighted by Crippen LogP contribution is -2.09. The highest BCUT2D eigenvalue weighted by molar-refractivity contribution is 7.80. The zero-order valence-corrected chi connectivity index (χ0v) is 13.3. The molecule has 0 atom stereocenters. The maximum atomic E-state index is 6.14. The standard InChI is InChI=1S/C13H13Cl2N3OS/c1-7-9(12(15)18(2)17-7)6-19-11-4-3-8(13(16)20)5-10(11)14/h3-5H,6H2,1-2H3,(H2,16,20). The van der Waals surface area contributed by atoms with Crippen molar-refractivity contribution in [2.24, 2.45) is 12.8 Å². The predicted molar refractivity (Wildman–Crippen MR) is 84.6 cm³/mol. The molecule has 1 aromatic heterocycles. The van der Waals surface area contributed by atoms with Crippen molar-refractivity contribution in [1.29, 1.82) is 0 Å². The van der Waals surface area contributed by atoms with Crippen LogP contribution in [0.2, 0.25) is 10.2 Å². The van der Waals surface area contributed by atoms with Gasteiger partial charge in [0.15, 0.2) is 0 Å². The van der Waals surface area contributed by atoms with Crippen LogP contribution in [0.25, 0.3) is 0 Å². The largest absolute Gasteiger partial charge is 0.487 e. The summed E-state index contributed by atoms with van der Waals surface area (Å²) in [4.78, 5) is 0.296. The Balaban J connectivity index is 2.17. The molecule has 1 heterocycles. The number of aryl methyl sites for hydroxylation is 2. The molecule has 0 radical (unpaired) electrons. The number of ether oxygens (including phenoxy) is 1. The SMILES string of the molecule is Cc1nn(C)c(Cl)c1COc1ccc(C(N)=S)cc1Cl. The second kappa shape index (κ2) is 5.99. The summed E-state index contributed by atoms with van der Waals surface area (Å²) in [5.41, 5.74) is 7.91. The fraction of sp³-hybridized carbons (Fsp3) is 0.231. The van der Waals surface area contributed by atoms with Crippen molar-refractivity contribution in [3.05, 3.63) is 45.2 Å². The van der Waals surface area contributed by atoms with Crippen molar-refractivity contribution in [3.8, 4) is 5.75 Å². The van der Waals surface area contributed by atoms with Gasteiger partial charge in [-0.2, -0.15) is 5.10 Å². The van der Waals surface area contributed by atoms with E-state index in [1.54, 1.807) is 29.9 Å². The molecule has 0 spiro atoms. The lowest BCUT2D eigenvalue weighted by molar-refractivity contribution is 0.305. The van der Waals surface area contributed by atoms with Crippen LogP contribution >= 0.6 is 35.4 Å². The van der Waals surface area contributed by atoms with Gasteiger partial charge in [0.2, 0.25) is 0 Å². The zero-order valence-electron chi connectivity index (χ0n) is 11.0. The van der Waals surface area contributed by atoms with E-state index >= 15 is 0 Å².